The molecule has 3 unspecified atom stereocenters. The zero-order valence-electron chi connectivity index (χ0n) is 16.2. The molecule has 0 heterocycles. The maximum atomic E-state index is 10.4. The van der Waals surface area contributed by atoms with Crippen molar-refractivity contribution in [3.8, 4) is 5.75 Å². The van der Waals surface area contributed by atoms with Crippen LogP contribution in [0.5, 0.6) is 5.75 Å². The number of aromatic hydroxyl groups is 1. The Morgan fingerprint density at radius 3 is 2.42 bits per heavy atom. The summed E-state index contributed by atoms with van der Waals surface area (Å²) < 4.78 is 0. The van der Waals surface area contributed by atoms with E-state index in [4.69, 9.17) is 0 Å². The normalized spacial score (nSPS) is 36.1. The predicted molar refractivity (Wildman–Crippen MR) is 101 cm³/mol. The monoisotopic (exact) mass is 332 g/mol. The minimum Gasteiger partial charge on any atom is -0.508 e. The van der Waals surface area contributed by atoms with E-state index in [1.54, 1.807) is 0 Å². The Morgan fingerprint density at radius 2 is 1.71 bits per heavy atom. The van der Waals surface area contributed by atoms with E-state index in [1.165, 1.54) is 30.4 Å². The van der Waals surface area contributed by atoms with E-state index in [-0.39, 0.29) is 11.5 Å². The lowest BCUT2D eigenvalue weighted by molar-refractivity contribution is -0.0226. The molecular weight excluding hydrogens is 296 g/mol. The van der Waals surface area contributed by atoms with Gasteiger partial charge in [0.25, 0.3) is 0 Å². The van der Waals surface area contributed by atoms with E-state index in [2.05, 4.69) is 13.0 Å². The van der Waals surface area contributed by atoms with Crippen molar-refractivity contribution in [2.24, 2.45) is 17.3 Å². The van der Waals surface area contributed by atoms with Gasteiger partial charge in [-0.2, -0.15) is 0 Å². The number of phenolic OH excluding ortho intramolecular Hbond substituents is 1. The molecule has 3 aliphatic rings. The first-order valence-corrected chi connectivity index (χ1v) is 10.1. The van der Waals surface area contributed by atoms with Crippen LogP contribution in [0.15, 0.2) is 18.2 Å². The van der Waals surface area contributed by atoms with Gasteiger partial charge in [-0.3, -0.25) is 0 Å². The summed E-state index contributed by atoms with van der Waals surface area (Å²) in [6, 6.07) is 5.96. The second kappa shape index (κ2) is 7.91. The Hall–Kier alpha value is -1.02. The maximum Gasteiger partial charge on any atom is 0.115 e. The van der Waals surface area contributed by atoms with Crippen molar-refractivity contribution in [3.63, 3.8) is 0 Å². The smallest absolute Gasteiger partial charge is 0.115 e. The molecule has 2 fully saturated rings. The standard InChI is InChI=1S/C18H24O2.2C2H6/c1-18-9-8-14-13-5-3-12(19)10-11(13)2-4-15(14)16(18)6-7-17(18)20;2*1-2/h3,5,10,14-17,19-20H,2,4,6-9H2,1H3;2*1-2H3/t14-,15?,16+,17?,18?;;/m1../s1. The average Bonchev–Trinajstić information content (AvgIpc) is 2.93. The van der Waals surface area contributed by atoms with Crippen LogP contribution in [0.1, 0.15) is 83.8 Å². The highest BCUT2D eigenvalue weighted by atomic mass is 16.3. The van der Waals surface area contributed by atoms with Crippen molar-refractivity contribution >= 4 is 0 Å². The van der Waals surface area contributed by atoms with Crippen LogP contribution < -0.4 is 0 Å². The van der Waals surface area contributed by atoms with Gasteiger partial charge in [0, 0.05) is 0 Å². The Morgan fingerprint density at radius 1 is 1.00 bits per heavy atom. The molecule has 4 rings (SSSR count). The van der Waals surface area contributed by atoms with Gasteiger partial charge in [0.15, 0.2) is 0 Å². The molecule has 1 aromatic rings. The van der Waals surface area contributed by atoms with Crippen molar-refractivity contribution < 1.29 is 10.2 Å². The Labute approximate surface area is 148 Å². The molecule has 1 aromatic carbocycles. The number of hydrogen-bond acceptors (Lipinski definition) is 2. The first-order chi connectivity index (χ1) is 11.6. The Kier molecular flexibility index (Phi) is 6.36. The van der Waals surface area contributed by atoms with E-state index in [0.29, 0.717) is 17.6 Å². The minimum atomic E-state index is -0.0883. The number of hydrogen-bond donors (Lipinski definition) is 2. The molecule has 2 N–H and O–H groups in total. The zero-order chi connectivity index (χ0) is 17.9. The van der Waals surface area contributed by atoms with Gasteiger partial charge in [-0.05, 0) is 85.0 Å². The molecular formula is C22H36O2. The predicted octanol–water partition coefficient (Wildman–Crippen LogP) is 5.66. The second-order valence-electron chi connectivity index (χ2n) is 7.44. The second-order valence-corrected chi connectivity index (χ2v) is 7.44. The topological polar surface area (TPSA) is 40.5 Å². The summed E-state index contributed by atoms with van der Waals surface area (Å²) in [6.45, 7) is 10.3. The number of phenols is 1. The molecule has 5 atom stereocenters. The number of aliphatic hydroxyl groups excluding tert-OH is 1. The summed E-state index contributed by atoms with van der Waals surface area (Å²) in [7, 11) is 0. The van der Waals surface area contributed by atoms with Gasteiger partial charge in [-0.15, -0.1) is 0 Å². The number of benzene rings is 1. The van der Waals surface area contributed by atoms with Crippen molar-refractivity contribution in [3.05, 3.63) is 29.3 Å². The number of rotatable bonds is 0. The lowest BCUT2D eigenvalue weighted by Crippen LogP contribution is -2.43. The molecule has 2 nitrogen and oxygen atoms in total. The van der Waals surface area contributed by atoms with Crippen LogP contribution in [0.4, 0.5) is 0 Å². The fourth-order valence-electron chi connectivity index (χ4n) is 5.54. The van der Waals surface area contributed by atoms with E-state index >= 15 is 0 Å². The molecule has 2 saturated carbocycles. The van der Waals surface area contributed by atoms with Crippen molar-refractivity contribution in [1.82, 2.24) is 0 Å². The highest BCUT2D eigenvalue weighted by Crippen LogP contribution is 2.60. The van der Waals surface area contributed by atoms with Crippen LogP contribution in [0, 0.1) is 17.3 Å². The van der Waals surface area contributed by atoms with E-state index in [1.807, 2.05) is 39.8 Å². The summed E-state index contributed by atoms with van der Waals surface area (Å²) in [6.07, 6.45) is 6.78. The van der Waals surface area contributed by atoms with Gasteiger partial charge in [0.1, 0.15) is 5.75 Å². The first kappa shape index (κ1) is 19.3. The average molecular weight is 333 g/mol. The molecule has 24 heavy (non-hydrogen) atoms. The van der Waals surface area contributed by atoms with Crippen LogP contribution in [0.2, 0.25) is 0 Å². The fraction of sp³-hybridized carbons (Fsp3) is 0.727. The minimum absolute atomic E-state index is 0.0883. The summed E-state index contributed by atoms with van der Waals surface area (Å²) in [4.78, 5) is 0. The van der Waals surface area contributed by atoms with Crippen LogP contribution in [-0.4, -0.2) is 16.3 Å². The lowest BCUT2D eigenvalue weighted by atomic mass is 9.55. The zero-order valence-corrected chi connectivity index (χ0v) is 16.2. The van der Waals surface area contributed by atoms with Crippen molar-refractivity contribution in [1.29, 1.82) is 0 Å². The van der Waals surface area contributed by atoms with Gasteiger partial charge >= 0.3 is 0 Å². The Bertz CT molecular complexity index is 539. The maximum absolute atomic E-state index is 10.4. The van der Waals surface area contributed by atoms with Gasteiger partial charge in [-0.1, -0.05) is 40.7 Å². The largest absolute Gasteiger partial charge is 0.508 e. The molecule has 0 aliphatic heterocycles. The van der Waals surface area contributed by atoms with Gasteiger partial charge in [0.05, 0.1) is 6.10 Å². The first-order valence-electron chi connectivity index (χ1n) is 10.1. The molecule has 0 spiro atoms. The summed E-state index contributed by atoms with van der Waals surface area (Å²) in [5.41, 5.74) is 2.99. The van der Waals surface area contributed by atoms with E-state index in [9.17, 15) is 10.2 Å². The molecule has 0 radical (unpaired) electrons. The van der Waals surface area contributed by atoms with Crippen LogP contribution >= 0.6 is 0 Å². The number of fused-ring (bicyclic) bond motifs is 5. The van der Waals surface area contributed by atoms with Crippen LogP contribution in [0.3, 0.4) is 0 Å². The summed E-state index contributed by atoms with van der Waals surface area (Å²) in [5, 5.41) is 20.0. The highest BCUT2D eigenvalue weighted by Gasteiger charge is 2.54. The quantitative estimate of drug-likeness (QED) is 0.643. The SMILES string of the molecule is CC.CC.CC12CC[C@@H]3c4ccc(O)cc4CCC3[C@@H]1CCC2O. The summed E-state index contributed by atoms with van der Waals surface area (Å²) in [5.74, 6) is 2.49. The molecule has 136 valence electrons. The Balaban J connectivity index is 0.000000487. The number of aliphatic hydroxyl groups is 1. The van der Waals surface area contributed by atoms with Gasteiger partial charge in [-0.25, -0.2) is 0 Å². The molecule has 0 aromatic heterocycles. The van der Waals surface area contributed by atoms with Gasteiger partial charge in [0.2, 0.25) is 0 Å². The number of aryl methyl sites for hydroxylation is 1. The molecule has 0 saturated heterocycles. The van der Waals surface area contributed by atoms with Crippen molar-refractivity contribution in [2.75, 3.05) is 0 Å². The van der Waals surface area contributed by atoms with Crippen LogP contribution in [-0.2, 0) is 6.42 Å². The molecule has 2 heteroatoms. The molecule has 0 amide bonds. The van der Waals surface area contributed by atoms with Gasteiger partial charge < -0.3 is 10.2 Å². The summed E-state index contributed by atoms with van der Waals surface area (Å²) >= 11 is 0. The van der Waals surface area contributed by atoms with Crippen molar-refractivity contribution in [2.45, 2.75) is 85.2 Å². The molecule has 0 bridgehead atoms. The highest BCUT2D eigenvalue weighted by molar-refractivity contribution is 5.40. The third-order valence-electron chi connectivity index (χ3n) is 6.66. The van der Waals surface area contributed by atoms with Crippen LogP contribution in [0.25, 0.3) is 0 Å². The fourth-order valence-corrected chi connectivity index (χ4v) is 5.54. The van der Waals surface area contributed by atoms with E-state index in [0.717, 1.165) is 25.2 Å². The molecule has 3 aliphatic carbocycles. The third kappa shape index (κ3) is 3.10. The van der Waals surface area contributed by atoms with E-state index < -0.39 is 0 Å². The third-order valence-corrected chi connectivity index (χ3v) is 6.66. The lowest BCUT2D eigenvalue weighted by Gasteiger charge is -2.50.